The lowest BCUT2D eigenvalue weighted by Gasteiger charge is -2.27. The van der Waals surface area contributed by atoms with E-state index in [9.17, 15) is 0 Å². The summed E-state index contributed by atoms with van der Waals surface area (Å²) in [5.41, 5.74) is 1.65. The Morgan fingerprint density at radius 2 is 2.19 bits per heavy atom. The number of rotatable bonds is 3. The molecule has 0 radical (unpaired) electrons. The lowest BCUT2D eigenvalue weighted by atomic mass is 9.87. The van der Waals surface area contributed by atoms with E-state index in [1.54, 1.807) is 0 Å². The number of nitrogens with one attached hydrogen (secondary N) is 1. The second-order valence-electron chi connectivity index (χ2n) is 5.56. The van der Waals surface area contributed by atoms with E-state index >= 15 is 0 Å². The molecule has 0 aliphatic heterocycles. The van der Waals surface area contributed by atoms with Crippen molar-refractivity contribution < 1.29 is 0 Å². The first-order valence-corrected chi connectivity index (χ1v) is 6.97. The summed E-state index contributed by atoms with van der Waals surface area (Å²) in [5.74, 6) is 0. The third-order valence-corrected chi connectivity index (χ3v) is 4.90. The van der Waals surface area contributed by atoms with Crippen molar-refractivity contribution in [1.29, 1.82) is 0 Å². The van der Waals surface area contributed by atoms with Crippen LogP contribution in [0.2, 0.25) is 0 Å². The molecule has 0 amide bonds. The quantitative estimate of drug-likeness (QED) is 0.872. The largest absolute Gasteiger partial charge is 0.307 e. The minimum absolute atomic E-state index is 0.460. The predicted octanol–water partition coefficient (Wildman–Crippen LogP) is 3.43. The van der Waals surface area contributed by atoms with Crippen LogP contribution in [0.4, 0.5) is 0 Å². The van der Waals surface area contributed by atoms with Crippen LogP contribution in [0.25, 0.3) is 0 Å². The third-order valence-electron chi connectivity index (χ3n) is 3.83. The van der Waals surface area contributed by atoms with Gasteiger partial charge in [0.25, 0.3) is 0 Å². The number of hydrogen-bond acceptors (Lipinski definition) is 3. The van der Waals surface area contributed by atoms with Gasteiger partial charge in [-0.15, -0.1) is 11.3 Å². The third kappa shape index (κ3) is 2.46. The fourth-order valence-electron chi connectivity index (χ4n) is 2.53. The Morgan fingerprint density at radius 1 is 1.44 bits per heavy atom. The SMILES string of the molecule is Cc1nc(CNC2CCCC2(C)C)sc1C. The van der Waals surface area contributed by atoms with Crippen LogP contribution in [-0.4, -0.2) is 11.0 Å². The first kappa shape index (κ1) is 12.1. The van der Waals surface area contributed by atoms with Gasteiger partial charge in [-0.3, -0.25) is 0 Å². The van der Waals surface area contributed by atoms with Crippen LogP contribution in [0.3, 0.4) is 0 Å². The Kier molecular flexibility index (Phi) is 3.36. The zero-order valence-corrected chi connectivity index (χ0v) is 11.6. The van der Waals surface area contributed by atoms with E-state index in [1.165, 1.54) is 34.8 Å². The second kappa shape index (κ2) is 4.46. The van der Waals surface area contributed by atoms with E-state index in [1.807, 2.05) is 11.3 Å². The molecule has 0 saturated heterocycles. The maximum absolute atomic E-state index is 4.57. The standard InChI is InChI=1S/C13H22N2S/c1-9-10(2)16-12(15-9)8-14-11-6-5-7-13(11,3)4/h11,14H,5-8H2,1-4H3. The lowest BCUT2D eigenvalue weighted by molar-refractivity contribution is 0.282. The molecule has 1 aliphatic carbocycles. The maximum atomic E-state index is 4.57. The van der Waals surface area contributed by atoms with Crippen LogP contribution in [-0.2, 0) is 6.54 Å². The summed E-state index contributed by atoms with van der Waals surface area (Å²) >= 11 is 1.82. The van der Waals surface area contributed by atoms with Crippen molar-refractivity contribution in [3.05, 3.63) is 15.6 Å². The normalized spacial score (nSPS) is 23.9. The molecular weight excluding hydrogens is 216 g/mol. The highest BCUT2D eigenvalue weighted by atomic mass is 32.1. The summed E-state index contributed by atoms with van der Waals surface area (Å²) in [6.07, 6.45) is 4.03. The molecule has 2 nitrogen and oxygen atoms in total. The monoisotopic (exact) mass is 238 g/mol. The Hall–Kier alpha value is -0.410. The molecule has 1 unspecified atom stereocenters. The van der Waals surface area contributed by atoms with E-state index in [-0.39, 0.29) is 0 Å². The average Bonchev–Trinajstić information content (AvgIpc) is 2.68. The summed E-state index contributed by atoms with van der Waals surface area (Å²) in [7, 11) is 0. The van der Waals surface area contributed by atoms with Gasteiger partial charge in [0.2, 0.25) is 0 Å². The van der Waals surface area contributed by atoms with E-state index in [0.29, 0.717) is 11.5 Å². The van der Waals surface area contributed by atoms with Crippen molar-refractivity contribution in [3.63, 3.8) is 0 Å². The fourth-order valence-corrected chi connectivity index (χ4v) is 3.42. The topological polar surface area (TPSA) is 24.9 Å². The Balaban J connectivity index is 1.92. The van der Waals surface area contributed by atoms with Crippen LogP contribution in [0.1, 0.15) is 48.7 Å². The van der Waals surface area contributed by atoms with E-state index in [2.05, 4.69) is 38.0 Å². The summed E-state index contributed by atoms with van der Waals surface area (Å²) in [5, 5.41) is 4.91. The molecule has 16 heavy (non-hydrogen) atoms. The van der Waals surface area contributed by atoms with E-state index in [4.69, 9.17) is 0 Å². The average molecular weight is 238 g/mol. The minimum Gasteiger partial charge on any atom is -0.307 e. The van der Waals surface area contributed by atoms with Crippen LogP contribution >= 0.6 is 11.3 Å². The molecule has 1 N–H and O–H groups in total. The second-order valence-corrected chi connectivity index (χ2v) is 6.85. The highest BCUT2D eigenvalue weighted by molar-refractivity contribution is 7.11. The van der Waals surface area contributed by atoms with Gasteiger partial charge in [-0.25, -0.2) is 4.98 Å². The van der Waals surface area contributed by atoms with Crippen LogP contribution in [0, 0.1) is 19.3 Å². The minimum atomic E-state index is 0.460. The Morgan fingerprint density at radius 3 is 2.69 bits per heavy atom. The fraction of sp³-hybridized carbons (Fsp3) is 0.769. The molecule has 2 rings (SSSR count). The van der Waals surface area contributed by atoms with Crippen molar-refractivity contribution in [3.8, 4) is 0 Å². The van der Waals surface area contributed by atoms with E-state index < -0.39 is 0 Å². The summed E-state index contributed by atoms with van der Waals surface area (Å²) in [4.78, 5) is 5.92. The molecule has 1 fully saturated rings. The molecular formula is C13H22N2S. The van der Waals surface area contributed by atoms with Gasteiger partial charge in [0.05, 0.1) is 5.69 Å². The zero-order chi connectivity index (χ0) is 11.8. The molecule has 1 saturated carbocycles. The van der Waals surface area contributed by atoms with Gasteiger partial charge in [-0.1, -0.05) is 20.3 Å². The maximum Gasteiger partial charge on any atom is 0.107 e. The number of thiazole rings is 1. The van der Waals surface area contributed by atoms with Crippen LogP contribution < -0.4 is 5.32 Å². The van der Waals surface area contributed by atoms with Crippen molar-refractivity contribution in [2.24, 2.45) is 5.41 Å². The molecule has 0 bridgehead atoms. The van der Waals surface area contributed by atoms with Crippen molar-refractivity contribution in [1.82, 2.24) is 10.3 Å². The molecule has 0 aromatic carbocycles. The Bertz CT molecular complexity index is 349. The highest BCUT2D eigenvalue weighted by Gasteiger charge is 2.33. The summed E-state index contributed by atoms with van der Waals surface area (Å²) in [6, 6.07) is 0.664. The zero-order valence-electron chi connectivity index (χ0n) is 10.8. The number of hydrogen-bond donors (Lipinski definition) is 1. The molecule has 1 aromatic rings. The first-order chi connectivity index (χ1) is 7.49. The van der Waals surface area contributed by atoms with Gasteiger partial charge in [0.1, 0.15) is 5.01 Å². The van der Waals surface area contributed by atoms with Gasteiger partial charge < -0.3 is 5.32 Å². The molecule has 1 heterocycles. The van der Waals surface area contributed by atoms with Crippen molar-refractivity contribution in [2.75, 3.05) is 0 Å². The molecule has 1 atom stereocenters. The van der Waals surface area contributed by atoms with Gasteiger partial charge in [-0.05, 0) is 32.1 Å². The van der Waals surface area contributed by atoms with Gasteiger partial charge >= 0.3 is 0 Å². The molecule has 3 heteroatoms. The molecule has 0 spiro atoms. The van der Waals surface area contributed by atoms with Crippen LogP contribution in [0.5, 0.6) is 0 Å². The molecule has 1 aromatic heterocycles. The lowest BCUT2D eigenvalue weighted by Crippen LogP contribution is -2.37. The highest BCUT2D eigenvalue weighted by Crippen LogP contribution is 2.37. The van der Waals surface area contributed by atoms with E-state index in [0.717, 1.165) is 6.54 Å². The number of aryl methyl sites for hydroxylation is 2. The number of nitrogens with zero attached hydrogens (tertiary/aromatic N) is 1. The summed E-state index contributed by atoms with van der Waals surface area (Å²) < 4.78 is 0. The molecule has 1 aliphatic rings. The molecule has 90 valence electrons. The predicted molar refractivity (Wildman–Crippen MR) is 69.8 cm³/mol. The van der Waals surface area contributed by atoms with Gasteiger partial charge in [0.15, 0.2) is 0 Å². The van der Waals surface area contributed by atoms with Gasteiger partial charge in [-0.2, -0.15) is 0 Å². The number of aromatic nitrogens is 1. The Labute approximate surface area is 102 Å². The first-order valence-electron chi connectivity index (χ1n) is 6.15. The summed E-state index contributed by atoms with van der Waals surface area (Å²) in [6.45, 7) is 9.92. The van der Waals surface area contributed by atoms with Crippen molar-refractivity contribution >= 4 is 11.3 Å². The van der Waals surface area contributed by atoms with Gasteiger partial charge in [0, 0.05) is 17.5 Å². The van der Waals surface area contributed by atoms with Crippen molar-refractivity contribution in [2.45, 2.75) is 59.5 Å². The van der Waals surface area contributed by atoms with Crippen LogP contribution in [0.15, 0.2) is 0 Å². The smallest absolute Gasteiger partial charge is 0.107 e.